The number of alkyl halides is 2. The summed E-state index contributed by atoms with van der Waals surface area (Å²) >= 11 is -1.41. The third kappa shape index (κ3) is 5.54. The summed E-state index contributed by atoms with van der Waals surface area (Å²) < 4.78 is 40.7. The van der Waals surface area contributed by atoms with Crippen molar-refractivity contribution < 1.29 is 23.2 Å². The van der Waals surface area contributed by atoms with E-state index in [4.69, 9.17) is 5.11 Å². The van der Waals surface area contributed by atoms with Gasteiger partial charge in [0.1, 0.15) is 4.75 Å². The maximum Gasteiger partial charge on any atom is 0.305 e. The minimum absolute atomic E-state index is 0.169. The Labute approximate surface area is 121 Å². The molecule has 0 aromatic heterocycles. The van der Waals surface area contributed by atoms with Crippen LogP contribution in [-0.2, 0) is 16.2 Å². The molecule has 0 aromatic carbocycles. The Bertz CT molecular complexity index is 337. The third-order valence-electron chi connectivity index (χ3n) is 3.54. The second-order valence-corrected chi connectivity index (χ2v) is 8.39. The number of aliphatic carboxylic acids is 1. The van der Waals surface area contributed by atoms with Crippen molar-refractivity contribution in [3.63, 3.8) is 0 Å². The van der Waals surface area contributed by atoms with Crippen molar-refractivity contribution in [1.82, 2.24) is 4.72 Å². The fourth-order valence-corrected chi connectivity index (χ4v) is 3.18. The molecule has 0 radical (unpaired) electrons. The first kappa shape index (κ1) is 17.7. The zero-order valence-corrected chi connectivity index (χ0v) is 12.9. The van der Waals surface area contributed by atoms with Gasteiger partial charge >= 0.3 is 5.97 Å². The van der Waals surface area contributed by atoms with Crippen molar-refractivity contribution in [1.29, 1.82) is 0 Å². The van der Waals surface area contributed by atoms with Gasteiger partial charge in [-0.15, -0.1) is 4.72 Å². The summed E-state index contributed by atoms with van der Waals surface area (Å²) in [6, 6.07) is -0.524. The molecular formula is C13H23F2NO3S. The van der Waals surface area contributed by atoms with E-state index in [1.807, 2.05) is 0 Å². The van der Waals surface area contributed by atoms with E-state index in [9.17, 15) is 18.1 Å². The lowest BCUT2D eigenvalue weighted by Gasteiger charge is -2.35. The number of rotatable bonds is 5. The van der Waals surface area contributed by atoms with E-state index in [2.05, 4.69) is 4.72 Å². The molecule has 0 aromatic rings. The van der Waals surface area contributed by atoms with E-state index in [0.29, 0.717) is 0 Å². The summed E-state index contributed by atoms with van der Waals surface area (Å²) in [5.74, 6) is -3.82. The molecule has 0 bridgehead atoms. The molecule has 0 heterocycles. The number of carboxylic acids is 1. The van der Waals surface area contributed by atoms with Crippen molar-refractivity contribution in [3.05, 3.63) is 0 Å². The van der Waals surface area contributed by atoms with Crippen molar-refractivity contribution in [2.75, 3.05) is 0 Å². The van der Waals surface area contributed by atoms with E-state index >= 15 is 0 Å². The molecule has 1 aliphatic rings. The molecule has 118 valence electrons. The van der Waals surface area contributed by atoms with Gasteiger partial charge in [0.15, 0.2) is 0 Å². The van der Waals surface area contributed by atoms with Crippen LogP contribution in [-0.4, -0.2) is 32.3 Å². The van der Waals surface area contributed by atoms with E-state index in [0.717, 1.165) is 0 Å². The molecule has 0 saturated heterocycles. The lowest BCUT2D eigenvalue weighted by molar-refractivity contribution is -0.138. The van der Waals surface area contributed by atoms with Crippen LogP contribution in [0, 0.1) is 5.92 Å². The van der Waals surface area contributed by atoms with Crippen LogP contribution < -0.4 is 4.72 Å². The van der Waals surface area contributed by atoms with Crippen LogP contribution in [0.1, 0.15) is 52.9 Å². The van der Waals surface area contributed by atoms with E-state index in [1.54, 1.807) is 20.8 Å². The van der Waals surface area contributed by atoms with Gasteiger partial charge in [-0.3, -0.25) is 4.79 Å². The molecule has 0 amide bonds. The van der Waals surface area contributed by atoms with Crippen molar-refractivity contribution in [2.24, 2.45) is 5.92 Å². The minimum Gasteiger partial charge on any atom is -0.598 e. The molecule has 1 saturated carbocycles. The Morgan fingerprint density at radius 3 is 2.35 bits per heavy atom. The van der Waals surface area contributed by atoms with Crippen LogP contribution in [0.15, 0.2) is 0 Å². The average molecular weight is 311 g/mol. The Kier molecular flexibility index (Phi) is 5.80. The topological polar surface area (TPSA) is 72.4 Å². The summed E-state index contributed by atoms with van der Waals surface area (Å²) in [4.78, 5) is 10.9. The van der Waals surface area contributed by atoms with Crippen LogP contribution in [0.5, 0.6) is 0 Å². The fraction of sp³-hybridized carbons (Fsp3) is 0.923. The first-order chi connectivity index (χ1) is 9.01. The first-order valence-corrected chi connectivity index (χ1v) is 7.94. The summed E-state index contributed by atoms with van der Waals surface area (Å²) in [5, 5.41) is 8.95. The Morgan fingerprint density at radius 2 is 1.95 bits per heavy atom. The molecule has 1 fully saturated rings. The highest BCUT2D eigenvalue weighted by Gasteiger charge is 2.40. The molecule has 2 N–H and O–H groups in total. The van der Waals surface area contributed by atoms with Gasteiger partial charge in [0, 0.05) is 24.2 Å². The predicted octanol–water partition coefficient (Wildman–Crippen LogP) is 2.71. The lowest BCUT2D eigenvalue weighted by atomic mass is 9.81. The molecule has 0 spiro atoms. The number of halogens is 2. The van der Waals surface area contributed by atoms with Crippen LogP contribution in [0.25, 0.3) is 0 Å². The average Bonchev–Trinajstić information content (AvgIpc) is 2.26. The number of hydrogen-bond acceptors (Lipinski definition) is 3. The third-order valence-corrected chi connectivity index (χ3v) is 5.17. The zero-order valence-electron chi connectivity index (χ0n) is 12.1. The monoisotopic (exact) mass is 311 g/mol. The molecular weight excluding hydrogens is 288 g/mol. The van der Waals surface area contributed by atoms with Crippen LogP contribution in [0.3, 0.4) is 0 Å². The molecule has 7 heteroatoms. The van der Waals surface area contributed by atoms with Crippen LogP contribution in [0.2, 0.25) is 0 Å². The number of hydrogen-bond donors (Lipinski definition) is 2. The number of carboxylic acid groups (broad SMARTS) is 1. The van der Waals surface area contributed by atoms with Gasteiger partial charge in [-0.2, -0.15) is 0 Å². The molecule has 0 aliphatic heterocycles. The number of nitrogens with one attached hydrogen (secondary N) is 1. The van der Waals surface area contributed by atoms with E-state index in [1.165, 1.54) is 0 Å². The Hall–Kier alpha value is -0.400. The number of carbonyl (C=O) groups is 1. The van der Waals surface area contributed by atoms with Crippen molar-refractivity contribution in [2.45, 2.75) is 69.6 Å². The second-order valence-electron chi connectivity index (χ2n) is 6.40. The van der Waals surface area contributed by atoms with Crippen molar-refractivity contribution in [3.8, 4) is 0 Å². The lowest BCUT2D eigenvalue weighted by Crippen LogP contribution is -2.49. The second kappa shape index (κ2) is 6.58. The highest BCUT2D eigenvalue weighted by molar-refractivity contribution is 7.90. The van der Waals surface area contributed by atoms with Gasteiger partial charge in [-0.25, -0.2) is 8.78 Å². The summed E-state index contributed by atoms with van der Waals surface area (Å²) in [6.45, 7) is 5.34. The van der Waals surface area contributed by atoms with Gasteiger partial charge < -0.3 is 9.66 Å². The van der Waals surface area contributed by atoms with Crippen LogP contribution >= 0.6 is 0 Å². The maximum absolute atomic E-state index is 13.2. The Morgan fingerprint density at radius 1 is 1.45 bits per heavy atom. The molecule has 1 rings (SSSR count). The fourth-order valence-electron chi connectivity index (χ4n) is 2.27. The normalized spacial score (nSPS) is 23.3. The largest absolute Gasteiger partial charge is 0.598 e. The summed E-state index contributed by atoms with van der Waals surface area (Å²) in [6.07, 6.45) is -0.119. The zero-order chi connectivity index (χ0) is 15.6. The standard InChI is InChI=1S/C13H23F2NO3S/c1-12(2,3)20(19)16-10(8-11(17)18)9-4-6-13(14,15)7-5-9/h9-10,16H,4-8H2,1-3H3,(H,17,18)/t10-,20+/m1/s1. The smallest absolute Gasteiger partial charge is 0.305 e. The minimum atomic E-state index is -2.65. The van der Waals surface area contributed by atoms with Gasteiger partial charge in [-0.1, -0.05) is 0 Å². The maximum atomic E-state index is 13.2. The predicted molar refractivity (Wildman–Crippen MR) is 74.0 cm³/mol. The highest BCUT2D eigenvalue weighted by Crippen LogP contribution is 2.38. The van der Waals surface area contributed by atoms with Gasteiger partial charge in [0.25, 0.3) is 0 Å². The van der Waals surface area contributed by atoms with E-state index in [-0.39, 0.29) is 38.0 Å². The quantitative estimate of drug-likeness (QED) is 0.766. The molecule has 2 atom stereocenters. The summed E-state index contributed by atoms with van der Waals surface area (Å²) in [5.41, 5.74) is 0. The van der Waals surface area contributed by atoms with E-state index < -0.39 is 34.0 Å². The van der Waals surface area contributed by atoms with Gasteiger partial charge in [-0.05, 0) is 39.5 Å². The highest BCUT2D eigenvalue weighted by atomic mass is 32.2. The van der Waals surface area contributed by atoms with Crippen molar-refractivity contribution >= 4 is 17.3 Å². The molecule has 20 heavy (non-hydrogen) atoms. The molecule has 4 nitrogen and oxygen atoms in total. The van der Waals surface area contributed by atoms with Crippen LogP contribution in [0.4, 0.5) is 8.78 Å². The summed E-state index contributed by atoms with van der Waals surface area (Å²) in [7, 11) is 0. The SMILES string of the molecule is CC(C)(C)[S@+]([O-])N[C@H](CC(=O)O)C1CCC(F)(F)CC1. The first-order valence-electron chi connectivity index (χ1n) is 6.79. The molecule has 0 unspecified atom stereocenters. The molecule has 1 aliphatic carbocycles. The Balaban J connectivity index is 2.68. The van der Waals surface area contributed by atoms with Gasteiger partial charge in [0.05, 0.1) is 12.5 Å². The van der Waals surface area contributed by atoms with Gasteiger partial charge in [0.2, 0.25) is 5.92 Å².